The van der Waals surface area contributed by atoms with E-state index in [1.165, 1.54) is 0 Å². The van der Waals surface area contributed by atoms with Gasteiger partial charge >= 0.3 is 6.09 Å². The van der Waals surface area contributed by atoms with E-state index in [-0.39, 0.29) is 5.15 Å². The van der Waals surface area contributed by atoms with Crippen LogP contribution < -0.4 is 5.32 Å². The van der Waals surface area contributed by atoms with Crippen molar-refractivity contribution < 1.29 is 9.53 Å². The minimum Gasteiger partial charge on any atom is -0.444 e. The molecule has 1 aromatic rings. The summed E-state index contributed by atoms with van der Waals surface area (Å²) in [6, 6.07) is 1.69. The number of hydrogen-bond acceptors (Lipinski definition) is 3. The predicted molar refractivity (Wildman–Crippen MR) is 71.5 cm³/mol. The number of anilines is 1. The van der Waals surface area contributed by atoms with Crippen LogP contribution in [-0.2, 0) is 4.74 Å². The van der Waals surface area contributed by atoms with Gasteiger partial charge in [-0.3, -0.25) is 5.32 Å². The van der Waals surface area contributed by atoms with Crippen LogP contribution in [0.2, 0.25) is 5.15 Å². The Kier molecular flexibility index (Phi) is 4.38. The number of nitrogens with one attached hydrogen (secondary N) is 1. The highest BCUT2D eigenvalue weighted by Crippen LogP contribution is 2.26. The summed E-state index contributed by atoms with van der Waals surface area (Å²) in [5, 5.41) is 2.78. The maximum atomic E-state index is 11.5. The topological polar surface area (TPSA) is 51.2 Å². The van der Waals surface area contributed by atoms with Crippen LogP contribution in [0.5, 0.6) is 0 Å². The van der Waals surface area contributed by atoms with Crippen LogP contribution in [0.4, 0.5) is 10.5 Å². The van der Waals surface area contributed by atoms with E-state index in [9.17, 15) is 4.79 Å². The van der Waals surface area contributed by atoms with E-state index in [1.54, 1.807) is 26.8 Å². The Bertz CT molecular complexity index is 444. The van der Waals surface area contributed by atoms with Crippen LogP contribution in [0.25, 0.3) is 0 Å². The molecule has 0 fully saturated rings. The molecule has 0 aliphatic heterocycles. The first kappa shape index (κ1) is 14.3. The third-order valence-corrected chi connectivity index (χ3v) is 2.83. The molecule has 6 heteroatoms. The van der Waals surface area contributed by atoms with Crippen molar-refractivity contribution in [1.29, 1.82) is 0 Å². The SMILES string of the molecule is Cc1nc(Cl)c(NC(=O)OC(C)(C)C)cc1Br. The van der Waals surface area contributed by atoms with Gasteiger partial charge in [0.2, 0.25) is 0 Å². The molecule has 1 amide bonds. The summed E-state index contributed by atoms with van der Waals surface area (Å²) in [5.74, 6) is 0. The summed E-state index contributed by atoms with van der Waals surface area (Å²) < 4.78 is 5.89. The quantitative estimate of drug-likeness (QED) is 0.790. The van der Waals surface area contributed by atoms with Crippen molar-refractivity contribution in [1.82, 2.24) is 4.98 Å². The standard InChI is InChI=1S/C11H14BrClN2O2/c1-6-7(12)5-8(9(13)14-6)15-10(16)17-11(2,3)4/h5H,1-4H3,(H,15,16). The molecular formula is C11H14BrClN2O2. The summed E-state index contributed by atoms with van der Waals surface area (Å²) in [4.78, 5) is 15.6. The monoisotopic (exact) mass is 320 g/mol. The first-order valence-electron chi connectivity index (χ1n) is 5.01. The van der Waals surface area contributed by atoms with Gasteiger partial charge in [-0.05, 0) is 49.7 Å². The molecule has 1 aromatic heterocycles. The smallest absolute Gasteiger partial charge is 0.412 e. The van der Waals surface area contributed by atoms with Gasteiger partial charge in [-0.15, -0.1) is 0 Å². The zero-order chi connectivity index (χ0) is 13.2. The van der Waals surface area contributed by atoms with Gasteiger partial charge in [-0.1, -0.05) is 11.6 Å². The first-order chi connectivity index (χ1) is 7.69. The summed E-state index contributed by atoms with van der Waals surface area (Å²) in [5.41, 5.74) is 0.620. The summed E-state index contributed by atoms with van der Waals surface area (Å²) in [6.07, 6.45) is -0.558. The normalized spacial score (nSPS) is 11.2. The van der Waals surface area contributed by atoms with Gasteiger partial charge in [0.1, 0.15) is 5.60 Å². The molecule has 94 valence electrons. The lowest BCUT2D eigenvalue weighted by atomic mass is 10.2. The molecule has 0 aliphatic rings. The molecule has 1 N–H and O–H groups in total. The van der Waals surface area contributed by atoms with Gasteiger partial charge in [-0.25, -0.2) is 9.78 Å². The van der Waals surface area contributed by atoms with E-state index >= 15 is 0 Å². The molecule has 1 rings (SSSR count). The van der Waals surface area contributed by atoms with Gasteiger partial charge < -0.3 is 4.74 Å². The molecule has 0 saturated heterocycles. The van der Waals surface area contributed by atoms with Crippen LogP contribution in [-0.4, -0.2) is 16.7 Å². The number of carbonyl (C=O) groups is 1. The fraction of sp³-hybridized carbons (Fsp3) is 0.455. The second-order valence-corrected chi connectivity index (χ2v) is 5.73. The lowest BCUT2D eigenvalue weighted by molar-refractivity contribution is 0.0636. The molecule has 17 heavy (non-hydrogen) atoms. The van der Waals surface area contributed by atoms with Crippen molar-refractivity contribution in [2.75, 3.05) is 5.32 Å². The van der Waals surface area contributed by atoms with Gasteiger partial charge in [-0.2, -0.15) is 0 Å². The Labute approximate surface area is 114 Å². The fourth-order valence-corrected chi connectivity index (χ4v) is 1.60. The van der Waals surface area contributed by atoms with E-state index in [2.05, 4.69) is 26.2 Å². The third-order valence-electron chi connectivity index (χ3n) is 1.74. The minimum absolute atomic E-state index is 0.233. The number of hydrogen-bond donors (Lipinski definition) is 1. The average molecular weight is 322 g/mol. The second-order valence-electron chi connectivity index (χ2n) is 4.52. The van der Waals surface area contributed by atoms with Crippen LogP contribution >= 0.6 is 27.5 Å². The predicted octanol–water partition coefficient (Wildman–Crippen LogP) is 4.15. The zero-order valence-electron chi connectivity index (χ0n) is 10.1. The number of carbonyl (C=O) groups excluding carboxylic acids is 1. The highest BCUT2D eigenvalue weighted by molar-refractivity contribution is 9.10. The van der Waals surface area contributed by atoms with Crippen molar-refractivity contribution >= 4 is 39.3 Å². The number of rotatable bonds is 1. The Morgan fingerprint density at radius 2 is 2.12 bits per heavy atom. The van der Waals surface area contributed by atoms with E-state index in [0.29, 0.717) is 5.69 Å². The number of nitrogens with zero attached hydrogens (tertiary/aromatic N) is 1. The Hall–Kier alpha value is -0.810. The highest BCUT2D eigenvalue weighted by atomic mass is 79.9. The van der Waals surface area contributed by atoms with Crippen molar-refractivity contribution in [2.24, 2.45) is 0 Å². The van der Waals surface area contributed by atoms with Gasteiger partial charge in [0.25, 0.3) is 0 Å². The van der Waals surface area contributed by atoms with Crippen molar-refractivity contribution in [3.63, 3.8) is 0 Å². The van der Waals surface area contributed by atoms with Crippen LogP contribution in [0, 0.1) is 6.92 Å². The second kappa shape index (κ2) is 5.23. The lowest BCUT2D eigenvalue weighted by Gasteiger charge is -2.20. The van der Waals surface area contributed by atoms with E-state index in [0.717, 1.165) is 10.2 Å². The number of aromatic nitrogens is 1. The van der Waals surface area contributed by atoms with E-state index in [1.807, 2.05) is 6.92 Å². The Balaban J connectivity index is 2.82. The molecule has 1 heterocycles. The number of pyridine rings is 1. The summed E-state index contributed by atoms with van der Waals surface area (Å²) in [7, 11) is 0. The largest absolute Gasteiger partial charge is 0.444 e. The lowest BCUT2D eigenvalue weighted by Crippen LogP contribution is -2.27. The van der Waals surface area contributed by atoms with Crippen LogP contribution in [0.3, 0.4) is 0 Å². The van der Waals surface area contributed by atoms with Gasteiger partial charge in [0.05, 0.1) is 11.4 Å². The number of ether oxygens (including phenoxy) is 1. The maximum Gasteiger partial charge on any atom is 0.412 e. The van der Waals surface area contributed by atoms with Crippen molar-refractivity contribution in [2.45, 2.75) is 33.3 Å². The van der Waals surface area contributed by atoms with Crippen molar-refractivity contribution in [3.8, 4) is 0 Å². The molecule has 0 bridgehead atoms. The highest BCUT2D eigenvalue weighted by Gasteiger charge is 2.17. The zero-order valence-corrected chi connectivity index (χ0v) is 12.4. The number of halogens is 2. The molecule has 4 nitrogen and oxygen atoms in total. The Morgan fingerprint density at radius 3 is 2.65 bits per heavy atom. The third kappa shape index (κ3) is 4.52. The average Bonchev–Trinajstić information content (AvgIpc) is 2.11. The summed E-state index contributed by atoms with van der Waals surface area (Å²) >= 11 is 9.23. The van der Waals surface area contributed by atoms with E-state index < -0.39 is 11.7 Å². The molecule has 0 saturated carbocycles. The van der Waals surface area contributed by atoms with Crippen LogP contribution in [0.1, 0.15) is 26.5 Å². The maximum absolute atomic E-state index is 11.5. The molecule has 0 spiro atoms. The van der Waals surface area contributed by atoms with E-state index in [4.69, 9.17) is 16.3 Å². The molecule has 0 radical (unpaired) electrons. The molecule has 0 aliphatic carbocycles. The van der Waals surface area contributed by atoms with Gasteiger partial charge in [0, 0.05) is 4.47 Å². The molecular weight excluding hydrogens is 307 g/mol. The number of aryl methyl sites for hydroxylation is 1. The Morgan fingerprint density at radius 1 is 1.53 bits per heavy atom. The van der Waals surface area contributed by atoms with Crippen molar-refractivity contribution in [3.05, 3.63) is 21.4 Å². The first-order valence-corrected chi connectivity index (χ1v) is 6.19. The molecule has 0 unspecified atom stereocenters. The number of amides is 1. The summed E-state index contributed by atoms with van der Waals surface area (Å²) in [6.45, 7) is 7.18. The van der Waals surface area contributed by atoms with Crippen LogP contribution in [0.15, 0.2) is 10.5 Å². The van der Waals surface area contributed by atoms with Gasteiger partial charge in [0.15, 0.2) is 5.15 Å². The molecule has 0 aromatic carbocycles. The minimum atomic E-state index is -0.558. The fourth-order valence-electron chi connectivity index (χ4n) is 1.05. The molecule has 0 atom stereocenters.